The summed E-state index contributed by atoms with van der Waals surface area (Å²) in [6.45, 7) is 9.84. The molecule has 1 aliphatic heterocycles. The number of hydrogen-bond acceptors (Lipinski definition) is 3. The number of carboxylic acids is 1. The second-order valence-corrected chi connectivity index (χ2v) is 7.27. The lowest BCUT2D eigenvalue weighted by atomic mass is 9.85. The van der Waals surface area contributed by atoms with Crippen molar-refractivity contribution in [1.29, 1.82) is 0 Å². The van der Waals surface area contributed by atoms with Gasteiger partial charge in [-0.15, -0.1) is 0 Å². The lowest BCUT2D eigenvalue weighted by Crippen LogP contribution is -2.55. The molecule has 1 saturated heterocycles. The first-order valence-electron chi connectivity index (χ1n) is 7.57. The summed E-state index contributed by atoms with van der Waals surface area (Å²) in [6.07, 6.45) is 0.851. The molecule has 0 spiro atoms. The van der Waals surface area contributed by atoms with Crippen molar-refractivity contribution in [2.24, 2.45) is 11.3 Å². The van der Waals surface area contributed by atoms with Gasteiger partial charge in [-0.3, -0.25) is 4.79 Å². The molecule has 6 nitrogen and oxygen atoms in total. The summed E-state index contributed by atoms with van der Waals surface area (Å²) in [7, 11) is 2.08. The van der Waals surface area contributed by atoms with Crippen LogP contribution in [0.3, 0.4) is 0 Å². The third-order valence-corrected chi connectivity index (χ3v) is 4.15. The minimum absolute atomic E-state index is 0.0696. The first-order chi connectivity index (χ1) is 9.59. The average molecular weight is 299 g/mol. The van der Waals surface area contributed by atoms with Crippen LogP contribution in [0.5, 0.6) is 0 Å². The van der Waals surface area contributed by atoms with E-state index in [1.54, 1.807) is 0 Å². The highest BCUT2D eigenvalue weighted by atomic mass is 16.4. The van der Waals surface area contributed by atoms with Crippen LogP contribution in [0.2, 0.25) is 0 Å². The van der Waals surface area contributed by atoms with E-state index in [0.29, 0.717) is 5.92 Å². The van der Waals surface area contributed by atoms with Gasteiger partial charge in [0.2, 0.25) is 0 Å². The Bertz CT molecular complexity index is 379. The normalized spacial score (nSPS) is 25.2. The summed E-state index contributed by atoms with van der Waals surface area (Å²) in [6, 6.07) is -0.513. The van der Waals surface area contributed by atoms with Gasteiger partial charge in [-0.1, -0.05) is 27.7 Å². The molecule has 6 heteroatoms. The van der Waals surface area contributed by atoms with Crippen LogP contribution in [0.1, 0.15) is 40.5 Å². The molecule has 3 N–H and O–H groups in total. The molecule has 0 aromatic heterocycles. The highest BCUT2D eigenvalue weighted by molar-refractivity contribution is 5.76. The number of nitrogens with one attached hydrogen (secondary N) is 2. The van der Waals surface area contributed by atoms with Crippen molar-refractivity contribution >= 4 is 12.0 Å². The highest BCUT2D eigenvalue weighted by Crippen LogP contribution is 2.22. The molecule has 1 heterocycles. The fraction of sp³-hybridized carbons (Fsp3) is 0.867. The molecule has 0 saturated carbocycles. The number of nitrogens with zero attached hydrogens (tertiary/aromatic N) is 1. The predicted octanol–water partition coefficient (Wildman–Crippen LogP) is 1.52. The second-order valence-electron chi connectivity index (χ2n) is 7.27. The maximum atomic E-state index is 12.1. The first kappa shape index (κ1) is 17.8. The summed E-state index contributed by atoms with van der Waals surface area (Å²) in [5.74, 6) is -0.509. The Labute approximate surface area is 127 Å². The Morgan fingerprint density at radius 1 is 1.38 bits per heavy atom. The fourth-order valence-corrected chi connectivity index (χ4v) is 2.69. The number of hydrogen-bond donors (Lipinski definition) is 3. The highest BCUT2D eigenvalue weighted by Gasteiger charge is 2.30. The van der Waals surface area contributed by atoms with Gasteiger partial charge < -0.3 is 20.6 Å². The van der Waals surface area contributed by atoms with Crippen LogP contribution in [0, 0.1) is 11.3 Å². The Kier molecular flexibility index (Phi) is 6.01. The molecule has 3 unspecified atom stereocenters. The van der Waals surface area contributed by atoms with E-state index in [1.165, 1.54) is 0 Å². The van der Waals surface area contributed by atoms with Crippen molar-refractivity contribution < 1.29 is 14.7 Å². The first-order valence-corrected chi connectivity index (χ1v) is 7.57. The van der Waals surface area contributed by atoms with E-state index in [-0.39, 0.29) is 23.9 Å². The van der Waals surface area contributed by atoms with Gasteiger partial charge in [0.05, 0.1) is 6.42 Å². The van der Waals surface area contributed by atoms with Gasteiger partial charge in [-0.25, -0.2) is 4.79 Å². The van der Waals surface area contributed by atoms with Crippen LogP contribution >= 0.6 is 0 Å². The number of rotatable bonds is 4. The maximum Gasteiger partial charge on any atom is 0.315 e. The molecule has 1 rings (SSSR count). The number of aliphatic carboxylic acids is 1. The van der Waals surface area contributed by atoms with E-state index < -0.39 is 12.0 Å². The summed E-state index contributed by atoms with van der Waals surface area (Å²) >= 11 is 0. The summed E-state index contributed by atoms with van der Waals surface area (Å²) in [5, 5.41) is 14.8. The van der Waals surface area contributed by atoms with Crippen molar-refractivity contribution in [3.05, 3.63) is 0 Å². The van der Waals surface area contributed by atoms with Crippen molar-refractivity contribution in [3.63, 3.8) is 0 Å². The van der Waals surface area contributed by atoms with Gasteiger partial charge in [-0.05, 0) is 31.3 Å². The molecule has 2 amide bonds. The van der Waals surface area contributed by atoms with Gasteiger partial charge in [-0.2, -0.15) is 0 Å². The standard InChI is InChI=1S/C15H29N3O3/c1-10-9-18(5)7-6-11(10)16-14(21)17-12(8-13(19)20)15(2,3)4/h10-12H,6-9H2,1-5H3,(H,19,20)(H2,16,17,21). The third-order valence-electron chi connectivity index (χ3n) is 4.15. The van der Waals surface area contributed by atoms with Gasteiger partial charge in [0, 0.05) is 18.6 Å². The second kappa shape index (κ2) is 7.11. The van der Waals surface area contributed by atoms with E-state index in [1.807, 2.05) is 20.8 Å². The van der Waals surface area contributed by atoms with E-state index in [0.717, 1.165) is 19.5 Å². The average Bonchev–Trinajstić information content (AvgIpc) is 2.30. The van der Waals surface area contributed by atoms with Crippen LogP contribution in [0.25, 0.3) is 0 Å². The van der Waals surface area contributed by atoms with E-state index in [9.17, 15) is 9.59 Å². The number of carboxylic acid groups (broad SMARTS) is 1. The summed E-state index contributed by atoms with van der Waals surface area (Å²) in [4.78, 5) is 25.3. The Balaban J connectivity index is 2.56. The quantitative estimate of drug-likeness (QED) is 0.735. The van der Waals surface area contributed by atoms with Gasteiger partial charge >= 0.3 is 12.0 Å². The maximum absolute atomic E-state index is 12.1. The monoisotopic (exact) mass is 299 g/mol. The van der Waals surface area contributed by atoms with E-state index >= 15 is 0 Å². The van der Waals surface area contributed by atoms with Crippen molar-refractivity contribution in [1.82, 2.24) is 15.5 Å². The van der Waals surface area contributed by atoms with Crippen molar-refractivity contribution in [2.75, 3.05) is 20.1 Å². The van der Waals surface area contributed by atoms with Crippen molar-refractivity contribution in [2.45, 2.75) is 52.6 Å². The molecule has 0 aromatic rings. The number of carbonyl (C=O) groups is 2. The van der Waals surface area contributed by atoms with Crippen LogP contribution < -0.4 is 10.6 Å². The Hall–Kier alpha value is -1.30. The van der Waals surface area contributed by atoms with Gasteiger partial charge in [0.1, 0.15) is 0 Å². The Morgan fingerprint density at radius 3 is 2.48 bits per heavy atom. The van der Waals surface area contributed by atoms with Crippen LogP contribution in [0.15, 0.2) is 0 Å². The molecule has 0 radical (unpaired) electrons. The summed E-state index contributed by atoms with van der Waals surface area (Å²) in [5.41, 5.74) is -0.297. The number of urea groups is 1. The molecule has 21 heavy (non-hydrogen) atoms. The van der Waals surface area contributed by atoms with Gasteiger partial charge in [0.15, 0.2) is 0 Å². The predicted molar refractivity (Wildman–Crippen MR) is 82.2 cm³/mol. The molecular formula is C15H29N3O3. The van der Waals surface area contributed by atoms with Crippen LogP contribution in [0.4, 0.5) is 4.79 Å². The molecule has 1 fully saturated rings. The zero-order valence-electron chi connectivity index (χ0n) is 13.8. The topological polar surface area (TPSA) is 81.7 Å². The molecule has 122 valence electrons. The SMILES string of the molecule is CC1CN(C)CCC1NC(=O)NC(CC(=O)O)C(C)(C)C. The van der Waals surface area contributed by atoms with Crippen LogP contribution in [-0.4, -0.2) is 54.2 Å². The summed E-state index contributed by atoms with van der Waals surface area (Å²) < 4.78 is 0. The van der Waals surface area contributed by atoms with E-state index in [2.05, 4.69) is 29.5 Å². The van der Waals surface area contributed by atoms with E-state index in [4.69, 9.17) is 5.11 Å². The molecule has 0 bridgehead atoms. The zero-order valence-corrected chi connectivity index (χ0v) is 13.8. The molecule has 0 aromatic carbocycles. The third kappa shape index (κ3) is 5.91. The largest absolute Gasteiger partial charge is 0.481 e. The fourth-order valence-electron chi connectivity index (χ4n) is 2.69. The molecular weight excluding hydrogens is 270 g/mol. The lowest BCUT2D eigenvalue weighted by molar-refractivity contribution is -0.138. The number of amides is 2. The number of carbonyl (C=O) groups excluding carboxylic acids is 1. The molecule has 1 aliphatic rings. The molecule has 3 atom stereocenters. The lowest BCUT2D eigenvalue weighted by Gasteiger charge is -2.36. The van der Waals surface area contributed by atoms with Crippen LogP contribution in [-0.2, 0) is 4.79 Å². The molecule has 0 aliphatic carbocycles. The number of piperidine rings is 1. The smallest absolute Gasteiger partial charge is 0.315 e. The Morgan fingerprint density at radius 2 is 2.00 bits per heavy atom. The van der Waals surface area contributed by atoms with Crippen molar-refractivity contribution in [3.8, 4) is 0 Å². The minimum atomic E-state index is -0.900. The zero-order chi connectivity index (χ0) is 16.2. The van der Waals surface area contributed by atoms with Gasteiger partial charge in [0.25, 0.3) is 0 Å². The minimum Gasteiger partial charge on any atom is -0.481 e. The number of likely N-dealkylation sites (tertiary alicyclic amines) is 1.